The van der Waals surface area contributed by atoms with E-state index in [-0.39, 0.29) is 17.4 Å². The zero-order chi connectivity index (χ0) is 30.5. The van der Waals surface area contributed by atoms with E-state index < -0.39 is 0 Å². The normalized spacial score (nSPS) is 16.4. The second-order valence-electron chi connectivity index (χ2n) is 12.1. The minimum absolute atomic E-state index is 0.0343. The number of thiophene rings is 1. The molecule has 1 amide bonds. The number of nitrogen functional groups attached to an aromatic ring is 1. The van der Waals surface area contributed by atoms with Crippen molar-refractivity contribution in [3.05, 3.63) is 63.1 Å². The molecular formula is C32H36N8O3S. The van der Waals surface area contributed by atoms with Crippen LogP contribution in [0.2, 0.25) is 0 Å². The van der Waals surface area contributed by atoms with Crippen LogP contribution in [0.5, 0.6) is 0 Å². The van der Waals surface area contributed by atoms with Gasteiger partial charge in [-0.25, -0.2) is 15.0 Å². The number of fused-ring (bicyclic) bond motifs is 2. The van der Waals surface area contributed by atoms with Gasteiger partial charge in [-0.05, 0) is 32.0 Å². The summed E-state index contributed by atoms with van der Waals surface area (Å²) in [5, 5.41) is 2.76. The van der Waals surface area contributed by atoms with Gasteiger partial charge < -0.3 is 29.4 Å². The highest BCUT2D eigenvalue weighted by Gasteiger charge is 2.27. The zero-order valence-electron chi connectivity index (χ0n) is 25.2. The van der Waals surface area contributed by atoms with E-state index in [9.17, 15) is 9.59 Å². The molecule has 2 N–H and O–H groups in total. The zero-order valence-corrected chi connectivity index (χ0v) is 26.1. The average molecular weight is 613 g/mol. The maximum absolute atomic E-state index is 13.1. The molecule has 44 heavy (non-hydrogen) atoms. The maximum Gasteiger partial charge on any atom is 0.270 e. The van der Waals surface area contributed by atoms with Gasteiger partial charge in [-0.1, -0.05) is 18.9 Å². The Bertz CT molecular complexity index is 1930. The Kier molecular flexibility index (Phi) is 7.33. The Morgan fingerprint density at radius 3 is 2.61 bits per heavy atom. The maximum atomic E-state index is 13.1. The molecule has 228 valence electrons. The van der Waals surface area contributed by atoms with Crippen molar-refractivity contribution >= 4 is 50.3 Å². The van der Waals surface area contributed by atoms with Crippen molar-refractivity contribution in [2.24, 2.45) is 0 Å². The highest BCUT2D eigenvalue weighted by Crippen LogP contribution is 2.36. The van der Waals surface area contributed by atoms with Gasteiger partial charge >= 0.3 is 0 Å². The number of hydrogen-bond acceptors (Lipinski definition) is 10. The lowest BCUT2D eigenvalue weighted by Crippen LogP contribution is -2.44. The molecule has 0 radical (unpaired) electrons. The van der Waals surface area contributed by atoms with Crippen LogP contribution in [-0.4, -0.2) is 82.5 Å². The van der Waals surface area contributed by atoms with E-state index in [1.165, 1.54) is 11.3 Å². The molecule has 1 saturated carbocycles. The fourth-order valence-electron chi connectivity index (χ4n) is 6.32. The predicted octanol–water partition coefficient (Wildman–Crippen LogP) is 4.40. The third kappa shape index (κ3) is 5.11. The second kappa shape index (κ2) is 11.3. The number of rotatable bonds is 6. The number of nitrogens with zero attached hydrogens (tertiary/aromatic N) is 7. The predicted molar refractivity (Wildman–Crippen MR) is 174 cm³/mol. The number of piperazine rings is 1. The van der Waals surface area contributed by atoms with Gasteiger partial charge in [0.15, 0.2) is 11.5 Å². The lowest BCUT2D eigenvalue weighted by Gasteiger charge is -2.32. The number of carbonyl (C=O) groups is 1. The monoisotopic (exact) mass is 612 g/mol. The van der Waals surface area contributed by atoms with Gasteiger partial charge in [0.1, 0.15) is 27.7 Å². The molecule has 2 fully saturated rings. The van der Waals surface area contributed by atoms with Crippen LogP contribution in [0.15, 0.2) is 45.1 Å². The summed E-state index contributed by atoms with van der Waals surface area (Å²) in [6, 6.07) is 7.59. The summed E-state index contributed by atoms with van der Waals surface area (Å²) in [6.45, 7) is 3.43. The molecule has 6 heterocycles. The van der Waals surface area contributed by atoms with Crippen molar-refractivity contribution in [1.29, 1.82) is 0 Å². The molecule has 5 aromatic rings. The molecule has 0 aromatic carbocycles. The number of carbonyl (C=O) groups excluding carboxylic acids is 1. The Balaban J connectivity index is 1.20. The van der Waals surface area contributed by atoms with Crippen LogP contribution in [0.3, 0.4) is 0 Å². The molecule has 7 rings (SSSR count). The topological polar surface area (TPSA) is 127 Å². The molecule has 12 heteroatoms. The van der Waals surface area contributed by atoms with Gasteiger partial charge in [0.05, 0.1) is 11.3 Å². The molecule has 0 atom stereocenters. The summed E-state index contributed by atoms with van der Waals surface area (Å²) in [5.41, 5.74) is 10.6. The summed E-state index contributed by atoms with van der Waals surface area (Å²) in [4.78, 5) is 46.3. The Labute approximate surface area is 258 Å². The minimum Gasteiger partial charge on any atom is -0.439 e. The average Bonchev–Trinajstić information content (AvgIpc) is 3.77. The lowest BCUT2D eigenvalue weighted by molar-refractivity contribution is 0.0815. The van der Waals surface area contributed by atoms with E-state index >= 15 is 0 Å². The van der Waals surface area contributed by atoms with E-state index in [4.69, 9.17) is 20.1 Å². The Morgan fingerprint density at radius 1 is 1.11 bits per heavy atom. The highest BCUT2D eigenvalue weighted by atomic mass is 32.1. The third-order valence-electron chi connectivity index (χ3n) is 8.82. The van der Waals surface area contributed by atoms with Gasteiger partial charge in [-0.2, -0.15) is 0 Å². The van der Waals surface area contributed by atoms with Gasteiger partial charge in [0.25, 0.3) is 5.91 Å². The fourth-order valence-corrected chi connectivity index (χ4v) is 7.21. The molecule has 0 unspecified atom stereocenters. The summed E-state index contributed by atoms with van der Waals surface area (Å²) in [5.74, 6) is 1.54. The number of amides is 1. The van der Waals surface area contributed by atoms with Gasteiger partial charge in [-0.3, -0.25) is 9.59 Å². The van der Waals surface area contributed by atoms with E-state index in [1.807, 2.05) is 23.6 Å². The smallest absolute Gasteiger partial charge is 0.270 e. The fraction of sp³-hybridized carbons (Fsp3) is 0.406. The van der Waals surface area contributed by atoms with E-state index in [0.717, 1.165) is 74.0 Å². The summed E-state index contributed by atoms with van der Waals surface area (Å²) >= 11 is 1.36. The molecule has 1 aliphatic carbocycles. The standard InChI is InChI=1S/C32H36N8O3S/c1-37(2)32(42)24-14-20-17-34-26(36-31(20)40(24)21-6-4-5-7-21)15-19-8-9-23(35-30(19)33)22-18-44-29-25(41)16-27(43-28(22)29)39-12-10-38(3)11-13-39/h8-9,14,16-18,21H,4-7,10-13,15H2,1-3H3,(H2,33,35). The first-order chi connectivity index (χ1) is 21.3. The first-order valence-corrected chi connectivity index (χ1v) is 16.0. The quantitative estimate of drug-likeness (QED) is 0.297. The molecule has 11 nitrogen and oxygen atoms in total. The van der Waals surface area contributed by atoms with Crippen molar-refractivity contribution in [3.63, 3.8) is 0 Å². The largest absolute Gasteiger partial charge is 0.439 e. The number of likely N-dealkylation sites (N-methyl/N-ethyl adjacent to an activating group) is 1. The third-order valence-corrected chi connectivity index (χ3v) is 9.80. The van der Waals surface area contributed by atoms with Gasteiger partial charge in [0.2, 0.25) is 5.43 Å². The minimum atomic E-state index is -0.0497. The van der Waals surface area contributed by atoms with Crippen LogP contribution in [0, 0.1) is 0 Å². The van der Waals surface area contributed by atoms with E-state index in [0.29, 0.717) is 45.6 Å². The number of anilines is 2. The summed E-state index contributed by atoms with van der Waals surface area (Å²) < 4.78 is 9.01. The van der Waals surface area contributed by atoms with Crippen LogP contribution in [0.25, 0.3) is 32.6 Å². The lowest BCUT2D eigenvalue weighted by atomic mass is 10.1. The summed E-state index contributed by atoms with van der Waals surface area (Å²) in [6.07, 6.45) is 6.55. The van der Waals surface area contributed by atoms with Crippen molar-refractivity contribution in [2.45, 2.75) is 38.1 Å². The van der Waals surface area contributed by atoms with Gasteiger partial charge in [-0.15, -0.1) is 11.3 Å². The second-order valence-corrected chi connectivity index (χ2v) is 12.9. The molecule has 1 saturated heterocycles. The molecule has 1 aliphatic heterocycles. The molecule has 0 spiro atoms. The summed E-state index contributed by atoms with van der Waals surface area (Å²) in [7, 11) is 5.64. The number of hydrogen-bond donors (Lipinski definition) is 1. The first kappa shape index (κ1) is 28.5. The highest BCUT2D eigenvalue weighted by molar-refractivity contribution is 7.17. The molecule has 5 aromatic heterocycles. The van der Waals surface area contributed by atoms with E-state index in [2.05, 4.69) is 26.4 Å². The van der Waals surface area contributed by atoms with Crippen molar-refractivity contribution in [2.75, 3.05) is 58.0 Å². The Morgan fingerprint density at radius 2 is 1.89 bits per heavy atom. The van der Waals surface area contributed by atoms with Crippen LogP contribution in [0.1, 0.15) is 53.6 Å². The molecule has 0 bridgehead atoms. The van der Waals surface area contributed by atoms with Crippen LogP contribution in [0.4, 0.5) is 11.7 Å². The molecular weight excluding hydrogens is 576 g/mol. The van der Waals surface area contributed by atoms with Crippen LogP contribution < -0.4 is 16.1 Å². The van der Waals surface area contributed by atoms with Crippen LogP contribution >= 0.6 is 11.3 Å². The van der Waals surface area contributed by atoms with Crippen molar-refractivity contribution < 1.29 is 9.21 Å². The number of aromatic nitrogens is 4. The number of nitrogens with two attached hydrogens (primary N) is 1. The number of pyridine rings is 1. The SMILES string of the molecule is CN1CCN(c2cc(=O)c3scc(-c4ccc(Cc5ncc6cc(C(=O)N(C)C)n(C7CCCC7)c6n5)c(N)n4)c3o2)CC1. The molecule has 2 aliphatic rings. The van der Waals surface area contributed by atoms with E-state index in [1.54, 1.807) is 31.3 Å². The Hall–Kier alpha value is -4.29. The van der Waals surface area contributed by atoms with Crippen molar-refractivity contribution in [1.82, 2.24) is 29.3 Å². The van der Waals surface area contributed by atoms with Crippen molar-refractivity contribution in [3.8, 4) is 11.3 Å². The van der Waals surface area contributed by atoms with Crippen LogP contribution in [-0.2, 0) is 6.42 Å². The van der Waals surface area contributed by atoms with Gasteiger partial charge in [0, 0.05) is 81.3 Å². The first-order valence-electron chi connectivity index (χ1n) is 15.1.